The molecule has 1 aromatic rings. The maximum absolute atomic E-state index is 11.3. The van der Waals surface area contributed by atoms with Gasteiger partial charge in [-0.3, -0.25) is 0 Å². The van der Waals surface area contributed by atoms with Crippen molar-refractivity contribution >= 4 is 14.8 Å². The molecule has 0 heterocycles. The van der Waals surface area contributed by atoms with E-state index in [-0.39, 0.29) is 5.97 Å². The van der Waals surface area contributed by atoms with Gasteiger partial charge in [-0.15, -0.1) is 0 Å². The van der Waals surface area contributed by atoms with Crippen LogP contribution >= 0.6 is 0 Å². The maximum Gasteiger partial charge on any atom is 0.497 e. The number of hydrogen-bond donors (Lipinski definition) is 0. The number of benzene rings is 1. The van der Waals surface area contributed by atoms with E-state index in [1.165, 1.54) is 7.11 Å². The van der Waals surface area contributed by atoms with Crippen molar-refractivity contribution in [3.63, 3.8) is 0 Å². The zero-order valence-corrected chi connectivity index (χ0v) is 13.5. The minimum absolute atomic E-state index is 0.347. The van der Waals surface area contributed by atoms with Crippen LogP contribution in [0.15, 0.2) is 24.3 Å². The highest BCUT2D eigenvalue weighted by Crippen LogP contribution is 2.14. The van der Waals surface area contributed by atoms with Gasteiger partial charge in [-0.25, -0.2) is 4.79 Å². The average Bonchev–Trinajstić information content (AvgIpc) is 2.45. The second-order valence-electron chi connectivity index (χ2n) is 4.21. The quantitative estimate of drug-likeness (QED) is 0.545. The van der Waals surface area contributed by atoms with Crippen LogP contribution < -0.4 is 0 Å². The summed E-state index contributed by atoms with van der Waals surface area (Å²) in [5.74, 6) is -0.347. The lowest BCUT2D eigenvalue weighted by Gasteiger charge is -2.25. The van der Waals surface area contributed by atoms with Crippen LogP contribution in [0.2, 0.25) is 6.55 Å². The molecule has 0 amide bonds. The van der Waals surface area contributed by atoms with E-state index in [1.807, 2.05) is 32.5 Å². The van der Waals surface area contributed by atoms with Crippen LogP contribution in [-0.4, -0.2) is 35.1 Å². The zero-order valence-electron chi connectivity index (χ0n) is 12.5. The minimum atomic E-state index is -2.57. The van der Waals surface area contributed by atoms with Crippen LogP contribution in [0, 0.1) is 0 Å². The van der Waals surface area contributed by atoms with Crippen molar-refractivity contribution < 1.29 is 22.8 Å². The Hall–Kier alpha value is -1.21. The molecule has 1 aromatic carbocycles. The summed E-state index contributed by atoms with van der Waals surface area (Å²) in [6.07, 6.45) is 0. The molecule has 0 aliphatic rings. The first kappa shape index (κ1) is 16.8. The Labute approximate surface area is 121 Å². The van der Waals surface area contributed by atoms with Gasteiger partial charge in [-0.05, 0) is 31.5 Å². The molecule has 5 nitrogen and oxygen atoms in total. The standard InChI is InChI=1S/C14H22O5Si/c1-5-17-20(4,18-6-2)19-11-12-7-9-13(10-8-12)14(15)16-3/h7-10H,5-6,11H2,1-4H3. The minimum Gasteiger partial charge on any atom is -0.465 e. The van der Waals surface area contributed by atoms with E-state index >= 15 is 0 Å². The summed E-state index contributed by atoms with van der Waals surface area (Å²) in [5, 5.41) is 0. The van der Waals surface area contributed by atoms with E-state index in [0.717, 1.165) is 5.56 Å². The van der Waals surface area contributed by atoms with Gasteiger partial charge in [0.15, 0.2) is 0 Å². The Morgan fingerprint density at radius 2 is 1.60 bits per heavy atom. The van der Waals surface area contributed by atoms with Gasteiger partial charge in [-0.1, -0.05) is 12.1 Å². The molecule has 0 unspecified atom stereocenters. The molecule has 0 spiro atoms. The molecule has 0 aliphatic carbocycles. The number of carbonyl (C=O) groups excluding carboxylic acids is 1. The molecule has 0 bridgehead atoms. The molecule has 112 valence electrons. The lowest BCUT2D eigenvalue weighted by atomic mass is 10.1. The third-order valence-electron chi connectivity index (χ3n) is 2.69. The molecular formula is C14H22O5Si. The molecule has 0 aliphatic heterocycles. The van der Waals surface area contributed by atoms with Crippen molar-refractivity contribution in [3.8, 4) is 0 Å². The van der Waals surface area contributed by atoms with Crippen molar-refractivity contribution in [2.24, 2.45) is 0 Å². The van der Waals surface area contributed by atoms with E-state index in [9.17, 15) is 4.79 Å². The summed E-state index contributed by atoms with van der Waals surface area (Å²) in [6.45, 7) is 7.22. The zero-order chi connectivity index (χ0) is 15.0. The summed E-state index contributed by atoms with van der Waals surface area (Å²) in [7, 11) is -1.20. The van der Waals surface area contributed by atoms with Gasteiger partial charge in [0.1, 0.15) is 0 Å². The van der Waals surface area contributed by atoms with Crippen molar-refractivity contribution in [1.29, 1.82) is 0 Å². The Bertz CT molecular complexity index is 412. The lowest BCUT2D eigenvalue weighted by molar-refractivity contribution is 0.0598. The fourth-order valence-electron chi connectivity index (χ4n) is 1.72. The number of esters is 1. The van der Waals surface area contributed by atoms with Crippen molar-refractivity contribution in [3.05, 3.63) is 35.4 Å². The molecule has 0 N–H and O–H groups in total. The summed E-state index contributed by atoms with van der Waals surface area (Å²) < 4.78 is 21.6. The third kappa shape index (κ3) is 5.05. The van der Waals surface area contributed by atoms with Crippen molar-refractivity contribution in [2.75, 3.05) is 20.3 Å². The maximum atomic E-state index is 11.3. The Kier molecular flexibility index (Phi) is 6.87. The molecule has 0 aromatic heterocycles. The Morgan fingerprint density at radius 1 is 1.05 bits per heavy atom. The first-order chi connectivity index (χ1) is 9.54. The van der Waals surface area contributed by atoms with Crippen molar-refractivity contribution in [2.45, 2.75) is 27.0 Å². The monoisotopic (exact) mass is 298 g/mol. The molecule has 0 saturated heterocycles. The van der Waals surface area contributed by atoms with Gasteiger partial charge in [0, 0.05) is 19.8 Å². The van der Waals surface area contributed by atoms with Crippen LogP contribution in [0.25, 0.3) is 0 Å². The summed E-state index contributed by atoms with van der Waals surface area (Å²) in [4.78, 5) is 11.3. The van der Waals surface area contributed by atoms with E-state index < -0.39 is 8.80 Å². The second kappa shape index (κ2) is 8.16. The molecule has 1 rings (SSSR count). The smallest absolute Gasteiger partial charge is 0.465 e. The predicted molar refractivity (Wildman–Crippen MR) is 77.4 cm³/mol. The van der Waals surface area contributed by atoms with Gasteiger partial charge in [0.05, 0.1) is 19.3 Å². The molecule has 6 heteroatoms. The first-order valence-corrected chi connectivity index (χ1v) is 8.86. The highest BCUT2D eigenvalue weighted by atomic mass is 28.4. The first-order valence-electron chi connectivity index (χ1n) is 6.63. The van der Waals surface area contributed by atoms with Crippen LogP contribution in [0.5, 0.6) is 0 Å². The number of carbonyl (C=O) groups is 1. The summed E-state index contributed by atoms with van der Waals surface area (Å²) in [5.41, 5.74) is 1.47. The van der Waals surface area contributed by atoms with Crippen LogP contribution in [-0.2, 0) is 24.6 Å². The SMILES string of the molecule is CCO[Si](C)(OCC)OCc1ccc(C(=O)OC)cc1. The van der Waals surface area contributed by atoms with Gasteiger partial charge >= 0.3 is 14.8 Å². The molecule has 0 radical (unpaired) electrons. The topological polar surface area (TPSA) is 54.0 Å². The number of ether oxygens (including phenoxy) is 1. The summed E-state index contributed by atoms with van der Waals surface area (Å²) in [6, 6.07) is 7.09. The average molecular weight is 298 g/mol. The number of hydrogen-bond acceptors (Lipinski definition) is 5. The molecule has 20 heavy (non-hydrogen) atoms. The second-order valence-corrected chi connectivity index (χ2v) is 6.80. The van der Waals surface area contributed by atoms with E-state index in [1.54, 1.807) is 12.1 Å². The van der Waals surface area contributed by atoms with E-state index in [2.05, 4.69) is 4.74 Å². The third-order valence-corrected chi connectivity index (χ3v) is 4.98. The van der Waals surface area contributed by atoms with Crippen LogP contribution in [0.4, 0.5) is 0 Å². The fraction of sp³-hybridized carbons (Fsp3) is 0.500. The van der Waals surface area contributed by atoms with Crippen LogP contribution in [0.1, 0.15) is 29.8 Å². The fourth-order valence-corrected chi connectivity index (χ4v) is 3.45. The van der Waals surface area contributed by atoms with E-state index in [4.69, 9.17) is 13.3 Å². The van der Waals surface area contributed by atoms with Crippen LogP contribution in [0.3, 0.4) is 0 Å². The Balaban J connectivity index is 2.62. The molecular weight excluding hydrogens is 276 g/mol. The normalized spacial score (nSPS) is 11.4. The van der Waals surface area contributed by atoms with Gasteiger partial charge in [-0.2, -0.15) is 0 Å². The predicted octanol–water partition coefficient (Wildman–Crippen LogP) is 2.63. The highest BCUT2D eigenvalue weighted by Gasteiger charge is 2.33. The molecule has 0 fully saturated rings. The number of methoxy groups -OCH3 is 1. The van der Waals surface area contributed by atoms with E-state index in [0.29, 0.717) is 25.4 Å². The Morgan fingerprint density at radius 3 is 2.05 bits per heavy atom. The highest BCUT2D eigenvalue weighted by molar-refractivity contribution is 6.59. The largest absolute Gasteiger partial charge is 0.497 e. The number of rotatable bonds is 8. The summed E-state index contributed by atoms with van der Waals surface area (Å²) >= 11 is 0. The molecule has 0 saturated carbocycles. The van der Waals surface area contributed by atoms with Gasteiger partial charge in [0.25, 0.3) is 0 Å². The van der Waals surface area contributed by atoms with Gasteiger partial charge in [0.2, 0.25) is 0 Å². The lowest BCUT2D eigenvalue weighted by Crippen LogP contribution is -2.42. The van der Waals surface area contributed by atoms with Gasteiger partial charge < -0.3 is 18.0 Å². The molecule has 0 atom stereocenters. The van der Waals surface area contributed by atoms with Crippen molar-refractivity contribution in [1.82, 2.24) is 0 Å².